The molecule has 2 aromatic heterocycles. The molecule has 0 saturated heterocycles. The van der Waals surface area contributed by atoms with E-state index in [1.54, 1.807) is 36.5 Å². The highest BCUT2D eigenvalue weighted by molar-refractivity contribution is 9.10. The van der Waals surface area contributed by atoms with Crippen molar-refractivity contribution in [2.75, 3.05) is 16.5 Å². The Balaban J connectivity index is 1.72. The van der Waals surface area contributed by atoms with Crippen LogP contribution in [0.5, 0.6) is 0 Å². The van der Waals surface area contributed by atoms with Crippen molar-refractivity contribution in [2.24, 2.45) is 0 Å². The third-order valence-corrected chi connectivity index (χ3v) is 3.90. The second-order valence-corrected chi connectivity index (χ2v) is 5.74. The molecular weight excluding hydrogens is 386 g/mol. The molecule has 0 fully saturated rings. The summed E-state index contributed by atoms with van der Waals surface area (Å²) in [6, 6.07) is 12.5. The van der Waals surface area contributed by atoms with E-state index in [9.17, 15) is 4.79 Å². The molecule has 1 aromatic carbocycles. The van der Waals surface area contributed by atoms with Gasteiger partial charge in [-0.2, -0.15) is 0 Å². The molecule has 0 radical (unpaired) electrons. The van der Waals surface area contributed by atoms with E-state index in [1.807, 2.05) is 12.1 Å². The number of hydrogen-bond acceptors (Lipinski definition) is 7. The maximum absolute atomic E-state index is 12.2. The SMILES string of the molecule is Nc1c(NNC(=O)c2ccccc2Br)ncnc1Nc1ccccn1. The third-order valence-electron chi connectivity index (χ3n) is 3.21. The van der Waals surface area contributed by atoms with Crippen molar-refractivity contribution in [2.45, 2.75) is 0 Å². The number of amides is 1. The standard InChI is InChI=1S/C16H14BrN7O/c17-11-6-2-1-5-10(11)16(25)24-23-15-13(18)14(20-9-21-15)22-12-7-3-4-8-19-12/h1-9H,18H2,(H,24,25)(H2,19,20,21,22,23). The summed E-state index contributed by atoms with van der Waals surface area (Å²) in [6.45, 7) is 0. The van der Waals surface area contributed by atoms with E-state index in [1.165, 1.54) is 6.33 Å². The van der Waals surface area contributed by atoms with Crippen LogP contribution in [-0.4, -0.2) is 20.9 Å². The fourth-order valence-corrected chi connectivity index (χ4v) is 2.45. The number of halogens is 1. The van der Waals surface area contributed by atoms with Crippen LogP contribution in [0.4, 0.5) is 23.1 Å². The average Bonchev–Trinajstić information content (AvgIpc) is 2.63. The Kier molecular flexibility index (Phi) is 5.05. The van der Waals surface area contributed by atoms with Gasteiger partial charge in [0.15, 0.2) is 11.6 Å². The number of anilines is 4. The number of carbonyl (C=O) groups excluding carboxylic acids is 1. The first-order valence-electron chi connectivity index (χ1n) is 7.24. The van der Waals surface area contributed by atoms with Gasteiger partial charge in [-0.05, 0) is 40.2 Å². The molecule has 0 unspecified atom stereocenters. The van der Waals surface area contributed by atoms with Crippen LogP contribution < -0.4 is 21.9 Å². The molecule has 0 atom stereocenters. The maximum atomic E-state index is 12.2. The molecule has 3 aromatic rings. The van der Waals surface area contributed by atoms with Gasteiger partial charge in [0.25, 0.3) is 5.91 Å². The molecule has 25 heavy (non-hydrogen) atoms. The number of benzene rings is 1. The normalized spacial score (nSPS) is 10.1. The second-order valence-electron chi connectivity index (χ2n) is 4.88. The Bertz CT molecular complexity index is 889. The predicted molar refractivity (Wildman–Crippen MR) is 99.2 cm³/mol. The number of hydrogen-bond donors (Lipinski definition) is 4. The van der Waals surface area contributed by atoms with Gasteiger partial charge >= 0.3 is 0 Å². The smallest absolute Gasteiger partial charge is 0.270 e. The summed E-state index contributed by atoms with van der Waals surface area (Å²) >= 11 is 3.33. The summed E-state index contributed by atoms with van der Waals surface area (Å²) in [4.78, 5) is 24.5. The summed E-state index contributed by atoms with van der Waals surface area (Å²) in [7, 11) is 0. The van der Waals surface area contributed by atoms with Crippen LogP contribution in [0.1, 0.15) is 10.4 Å². The van der Waals surface area contributed by atoms with E-state index in [-0.39, 0.29) is 17.4 Å². The fourth-order valence-electron chi connectivity index (χ4n) is 1.98. The Hall–Kier alpha value is -3.20. The van der Waals surface area contributed by atoms with Crippen LogP contribution in [0.25, 0.3) is 0 Å². The molecule has 0 aliphatic rings. The van der Waals surface area contributed by atoms with E-state index in [0.29, 0.717) is 21.7 Å². The first-order valence-corrected chi connectivity index (χ1v) is 8.04. The van der Waals surface area contributed by atoms with Gasteiger partial charge in [0, 0.05) is 10.7 Å². The zero-order valence-electron chi connectivity index (χ0n) is 12.9. The van der Waals surface area contributed by atoms with E-state index in [2.05, 4.69) is 47.1 Å². The molecule has 0 saturated carbocycles. The summed E-state index contributed by atoms with van der Waals surface area (Å²) in [5, 5.41) is 2.99. The Morgan fingerprint density at radius 3 is 2.52 bits per heavy atom. The van der Waals surface area contributed by atoms with Crippen LogP contribution in [0, 0.1) is 0 Å². The Morgan fingerprint density at radius 2 is 1.76 bits per heavy atom. The number of nitrogen functional groups attached to an aromatic ring is 1. The highest BCUT2D eigenvalue weighted by atomic mass is 79.9. The molecule has 126 valence electrons. The van der Waals surface area contributed by atoms with Gasteiger partial charge in [0.2, 0.25) is 0 Å². The van der Waals surface area contributed by atoms with E-state index < -0.39 is 0 Å². The Labute approximate surface area is 152 Å². The Morgan fingerprint density at radius 1 is 1.00 bits per heavy atom. The third kappa shape index (κ3) is 4.01. The van der Waals surface area contributed by atoms with Crippen molar-refractivity contribution in [3.63, 3.8) is 0 Å². The van der Waals surface area contributed by atoms with Gasteiger partial charge in [0.05, 0.1) is 5.56 Å². The van der Waals surface area contributed by atoms with Crippen LogP contribution in [0.15, 0.2) is 59.5 Å². The molecular formula is C16H14BrN7O. The van der Waals surface area contributed by atoms with Crippen molar-refractivity contribution in [3.05, 3.63) is 65.0 Å². The van der Waals surface area contributed by atoms with E-state index in [0.717, 1.165) is 0 Å². The molecule has 0 bridgehead atoms. The number of aromatic nitrogens is 3. The number of pyridine rings is 1. The van der Waals surface area contributed by atoms with Crippen LogP contribution in [0.2, 0.25) is 0 Å². The summed E-state index contributed by atoms with van der Waals surface area (Å²) in [5.41, 5.74) is 12.0. The second kappa shape index (κ2) is 7.58. The molecule has 0 aliphatic carbocycles. The molecule has 9 heteroatoms. The van der Waals surface area contributed by atoms with Crippen molar-refractivity contribution < 1.29 is 4.79 Å². The minimum atomic E-state index is -0.329. The van der Waals surface area contributed by atoms with E-state index in [4.69, 9.17) is 5.73 Å². The fraction of sp³-hybridized carbons (Fsp3) is 0. The number of rotatable bonds is 5. The topological polar surface area (TPSA) is 118 Å². The zero-order chi connectivity index (χ0) is 17.6. The minimum Gasteiger partial charge on any atom is -0.393 e. The number of hydrazine groups is 1. The first kappa shape index (κ1) is 16.7. The predicted octanol–water partition coefficient (Wildman–Crippen LogP) is 2.72. The lowest BCUT2D eigenvalue weighted by atomic mass is 10.2. The maximum Gasteiger partial charge on any atom is 0.270 e. The quantitative estimate of drug-likeness (QED) is 0.487. The van der Waals surface area contributed by atoms with Crippen molar-refractivity contribution in [1.29, 1.82) is 0 Å². The van der Waals surface area contributed by atoms with Crippen molar-refractivity contribution in [1.82, 2.24) is 20.4 Å². The summed E-state index contributed by atoms with van der Waals surface area (Å²) < 4.78 is 0.683. The molecule has 2 heterocycles. The lowest BCUT2D eigenvalue weighted by Crippen LogP contribution is -2.30. The van der Waals surface area contributed by atoms with Crippen molar-refractivity contribution in [3.8, 4) is 0 Å². The van der Waals surface area contributed by atoms with Gasteiger partial charge in [0.1, 0.15) is 17.8 Å². The molecule has 1 amide bonds. The van der Waals surface area contributed by atoms with Gasteiger partial charge in [-0.25, -0.2) is 15.0 Å². The van der Waals surface area contributed by atoms with Crippen molar-refractivity contribution >= 4 is 45.0 Å². The lowest BCUT2D eigenvalue weighted by Gasteiger charge is -2.13. The minimum absolute atomic E-state index is 0.251. The monoisotopic (exact) mass is 399 g/mol. The van der Waals surface area contributed by atoms with Crippen LogP contribution >= 0.6 is 15.9 Å². The van der Waals surface area contributed by atoms with Gasteiger partial charge in [-0.1, -0.05) is 18.2 Å². The molecule has 8 nitrogen and oxygen atoms in total. The van der Waals surface area contributed by atoms with Gasteiger partial charge < -0.3 is 11.1 Å². The molecule has 5 N–H and O–H groups in total. The largest absolute Gasteiger partial charge is 0.393 e. The summed E-state index contributed by atoms with van der Waals surface area (Å²) in [6.07, 6.45) is 2.98. The molecule has 0 spiro atoms. The van der Waals surface area contributed by atoms with Gasteiger partial charge in [-0.3, -0.25) is 15.6 Å². The van der Waals surface area contributed by atoms with Crippen LogP contribution in [0.3, 0.4) is 0 Å². The van der Waals surface area contributed by atoms with Crippen LogP contribution in [-0.2, 0) is 0 Å². The number of carbonyl (C=O) groups is 1. The lowest BCUT2D eigenvalue weighted by molar-refractivity contribution is 0.0962. The highest BCUT2D eigenvalue weighted by Gasteiger charge is 2.12. The number of nitrogens with zero attached hydrogens (tertiary/aromatic N) is 3. The number of nitrogens with two attached hydrogens (primary N) is 1. The van der Waals surface area contributed by atoms with Gasteiger partial charge in [-0.15, -0.1) is 0 Å². The average molecular weight is 400 g/mol. The molecule has 3 rings (SSSR count). The highest BCUT2D eigenvalue weighted by Crippen LogP contribution is 2.24. The summed E-state index contributed by atoms with van der Waals surface area (Å²) in [5.74, 6) is 0.918. The number of nitrogens with one attached hydrogen (secondary N) is 3. The molecule has 0 aliphatic heterocycles. The zero-order valence-corrected chi connectivity index (χ0v) is 14.5. The van der Waals surface area contributed by atoms with E-state index >= 15 is 0 Å². The first-order chi connectivity index (χ1) is 12.1.